The summed E-state index contributed by atoms with van der Waals surface area (Å²) in [7, 11) is 0. The number of benzene rings is 4. The molecule has 0 unspecified atom stereocenters. The molecule has 0 saturated carbocycles. The van der Waals surface area contributed by atoms with Crippen LogP contribution in [0, 0.1) is 6.07 Å². The van der Waals surface area contributed by atoms with Gasteiger partial charge in [-0.25, -0.2) is 0 Å². The lowest BCUT2D eigenvalue weighted by Gasteiger charge is -2.16. The fraction of sp³-hybridized carbons (Fsp3) is 0.107. The van der Waals surface area contributed by atoms with E-state index in [2.05, 4.69) is 6.07 Å². The molecule has 1 heterocycles. The summed E-state index contributed by atoms with van der Waals surface area (Å²) in [6.45, 7) is -0.386. The highest BCUT2D eigenvalue weighted by Crippen LogP contribution is 2.40. The quantitative estimate of drug-likeness (QED) is 0.212. The molecule has 0 bridgehead atoms. The number of aromatic nitrogens is 1. The van der Waals surface area contributed by atoms with Crippen molar-refractivity contribution in [2.45, 2.75) is 18.9 Å². The molecule has 0 fully saturated rings. The van der Waals surface area contributed by atoms with E-state index >= 15 is 0 Å². The molecule has 0 aliphatic carbocycles. The molecule has 0 saturated heterocycles. The minimum atomic E-state index is -5.00. The number of nitrogens with two attached hydrogens (primary N) is 1. The number of hydrogen-bond acceptors (Lipinski definition) is 1. The summed E-state index contributed by atoms with van der Waals surface area (Å²) >= 11 is 12.7. The first-order valence-corrected chi connectivity index (χ1v) is 12.0. The number of alkyl halides is 6. The number of nitrogens with zero attached hydrogens (tertiary/aromatic N) is 1. The zero-order chi connectivity index (χ0) is 28.3. The first kappa shape index (κ1) is 26.9. The Kier molecular flexibility index (Phi) is 6.55. The number of hydrogen-bond donors (Lipinski definition) is 1. The summed E-state index contributed by atoms with van der Waals surface area (Å²) in [6.07, 6.45) is -10.0. The third kappa shape index (κ3) is 4.92. The first-order valence-electron chi connectivity index (χ1n) is 11.2. The molecule has 1 amide bonds. The van der Waals surface area contributed by atoms with Gasteiger partial charge >= 0.3 is 12.4 Å². The van der Waals surface area contributed by atoms with Gasteiger partial charge in [0.25, 0.3) is 0 Å². The fourth-order valence-corrected chi connectivity index (χ4v) is 5.26. The molecular formula is C28H15Cl2F6N2O. The molecule has 1 radical (unpaired) electrons. The van der Waals surface area contributed by atoms with E-state index in [4.69, 9.17) is 28.9 Å². The van der Waals surface area contributed by atoms with Crippen LogP contribution in [-0.4, -0.2) is 10.5 Å². The highest BCUT2D eigenvalue weighted by molar-refractivity contribution is 6.39. The highest BCUT2D eigenvalue weighted by Gasteiger charge is 2.37. The summed E-state index contributed by atoms with van der Waals surface area (Å²) in [5, 5.41) is 1.40. The van der Waals surface area contributed by atoms with Gasteiger partial charge in [-0.05, 0) is 71.8 Å². The molecule has 11 heteroatoms. The predicted molar refractivity (Wildman–Crippen MR) is 138 cm³/mol. The molecule has 0 spiro atoms. The Hall–Kier alpha value is -3.69. The Bertz CT molecular complexity index is 1720. The van der Waals surface area contributed by atoms with E-state index in [1.807, 2.05) is 0 Å². The molecule has 5 rings (SSSR count). The third-order valence-electron chi connectivity index (χ3n) is 6.30. The van der Waals surface area contributed by atoms with Crippen molar-refractivity contribution in [3.05, 3.63) is 105 Å². The molecule has 0 atom stereocenters. The molecule has 0 aliphatic rings. The number of amides is 1. The summed E-state index contributed by atoms with van der Waals surface area (Å²) in [5.74, 6) is -0.760. The lowest BCUT2D eigenvalue weighted by molar-refractivity contribution is -0.143. The number of primary amides is 1. The minimum absolute atomic E-state index is 0.0753. The molecule has 1 aromatic heterocycles. The van der Waals surface area contributed by atoms with Gasteiger partial charge in [0.2, 0.25) is 5.91 Å². The van der Waals surface area contributed by atoms with Crippen molar-refractivity contribution in [1.29, 1.82) is 0 Å². The number of rotatable bonds is 4. The number of halogens is 8. The van der Waals surface area contributed by atoms with E-state index in [1.54, 1.807) is 36.4 Å². The largest absolute Gasteiger partial charge is 0.416 e. The van der Waals surface area contributed by atoms with Crippen LogP contribution in [0.1, 0.15) is 27.0 Å². The van der Waals surface area contributed by atoms with Gasteiger partial charge in [0, 0.05) is 38.5 Å². The molecule has 199 valence electrons. The van der Waals surface area contributed by atoms with Crippen molar-refractivity contribution in [1.82, 2.24) is 4.57 Å². The van der Waals surface area contributed by atoms with Crippen LogP contribution in [0.2, 0.25) is 10.0 Å². The standard InChI is InChI=1S/C28H15Cl2F6N2O/c29-20-4-2-5-21(30)24(20)15-7-8-18-23(11-15)38(22-6-1-3-19(25(18)22)26(37)39)13-14-9-16(27(31,32)33)12-17(10-14)28(34,35)36/h1-7,9-12H,13H2,(H2,37,39). The molecule has 2 N–H and O–H groups in total. The smallest absolute Gasteiger partial charge is 0.366 e. The normalized spacial score (nSPS) is 12.4. The van der Waals surface area contributed by atoms with Crippen LogP contribution in [0.3, 0.4) is 0 Å². The second-order valence-electron chi connectivity index (χ2n) is 8.81. The van der Waals surface area contributed by atoms with Crippen molar-refractivity contribution in [2.24, 2.45) is 5.73 Å². The van der Waals surface area contributed by atoms with E-state index in [0.29, 0.717) is 55.1 Å². The van der Waals surface area contributed by atoms with Gasteiger partial charge in [0.15, 0.2) is 0 Å². The molecule has 5 aromatic rings. The molecule has 39 heavy (non-hydrogen) atoms. The van der Waals surface area contributed by atoms with Crippen LogP contribution in [0.15, 0.2) is 66.7 Å². The maximum absolute atomic E-state index is 13.5. The summed E-state index contributed by atoms with van der Waals surface area (Å²) < 4.78 is 82.7. The Morgan fingerprint density at radius 3 is 2.00 bits per heavy atom. The number of carbonyl (C=O) groups excluding carboxylic acids is 1. The van der Waals surface area contributed by atoms with Crippen molar-refractivity contribution < 1.29 is 31.1 Å². The second kappa shape index (κ2) is 9.50. The Balaban J connectivity index is 1.81. The lowest BCUT2D eigenvalue weighted by atomic mass is 10.0. The van der Waals surface area contributed by atoms with Gasteiger partial charge in [-0.1, -0.05) is 35.3 Å². The van der Waals surface area contributed by atoms with E-state index in [9.17, 15) is 31.1 Å². The van der Waals surface area contributed by atoms with Crippen molar-refractivity contribution in [3.8, 4) is 11.1 Å². The number of fused-ring (bicyclic) bond motifs is 3. The van der Waals surface area contributed by atoms with Crippen LogP contribution in [0.5, 0.6) is 0 Å². The number of carbonyl (C=O) groups is 1. The molecular weight excluding hydrogens is 565 g/mol. The van der Waals surface area contributed by atoms with Crippen LogP contribution in [0.4, 0.5) is 26.3 Å². The zero-order valence-electron chi connectivity index (χ0n) is 19.5. The minimum Gasteiger partial charge on any atom is -0.366 e. The van der Waals surface area contributed by atoms with E-state index in [0.717, 1.165) is 0 Å². The maximum atomic E-state index is 13.5. The van der Waals surface area contributed by atoms with Gasteiger partial charge in [-0.3, -0.25) is 4.79 Å². The van der Waals surface area contributed by atoms with Crippen LogP contribution in [0.25, 0.3) is 32.9 Å². The molecule has 0 aliphatic heterocycles. The van der Waals surface area contributed by atoms with Crippen molar-refractivity contribution in [3.63, 3.8) is 0 Å². The lowest BCUT2D eigenvalue weighted by Crippen LogP contribution is -2.13. The van der Waals surface area contributed by atoms with Gasteiger partial charge in [-0.15, -0.1) is 0 Å². The average molecular weight is 580 g/mol. The second-order valence-corrected chi connectivity index (χ2v) is 9.62. The molecule has 4 aromatic carbocycles. The SMILES string of the molecule is NC(=O)c1cccc2c1c1[c]cc(-c3c(Cl)cccc3Cl)cc1n2Cc1cc(C(F)(F)F)cc(C(F)(F)F)c1. The fourth-order valence-electron chi connectivity index (χ4n) is 4.64. The Labute approximate surface area is 227 Å². The Morgan fingerprint density at radius 1 is 0.846 bits per heavy atom. The van der Waals surface area contributed by atoms with Crippen molar-refractivity contribution in [2.75, 3.05) is 0 Å². The van der Waals surface area contributed by atoms with Crippen LogP contribution < -0.4 is 5.73 Å². The molecule has 3 nitrogen and oxygen atoms in total. The average Bonchev–Trinajstić information content (AvgIpc) is 3.15. The van der Waals surface area contributed by atoms with Gasteiger partial charge in [-0.2, -0.15) is 26.3 Å². The van der Waals surface area contributed by atoms with Gasteiger partial charge in [0.1, 0.15) is 0 Å². The van der Waals surface area contributed by atoms with Crippen molar-refractivity contribution >= 4 is 50.9 Å². The van der Waals surface area contributed by atoms with E-state index in [1.165, 1.54) is 16.7 Å². The van der Waals surface area contributed by atoms with Crippen LogP contribution in [-0.2, 0) is 18.9 Å². The topological polar surface area (TPSA) is 48.0 Å². The summed E-state index contributed by atoms with van der Waals surface area (Å²) in [5.41, 5.74) is 4.30. The monoisotopic (exact) mass is 579 g/mol. The highest BCUT2D eigenvalue weighted by atomic mass is 35.5. The summed E-state index contributed by atoms with van der Waals surface area (Å²) in [6, 6.07) is 17.2. The Morgan fingerprint density at radius 2 is 1.44 bits per heavy atom. The van der Waals surface area contributed by atoms with Crippen LogP contribution >= 0.6 is 23.2 Å². The third-order valence-corrected chi connectivity index (χ3v) is 6.93. The zero-order valence-corrected chi connectivity index (χ0v) is 21.0. The first-order chi connectivity index (χ1) is 18.3. The maximum Gasteiger partial charge on any atom is 0.416 e. The van der Waals surface area contributed by atoms with E-state index in [-0.39, 0.29) is 23.7 Å². The van der Waals surface area contributed by atoms with E-state index < -0.39 is 29.4 Å². The van der Waals surface area contributed by atoms with Gasteiger partial charge < -0.3 is 10.3 Å². The van der Waals surface area contributed by atoms with Gasteiger partial charge in [0.05, 0.1) is 22.2 Å². The summed E-state index contributed by atoms with van der Waals surface area (Å²) in [4.78, 5) is 12.2. The predicted octanol–water partition coefficient (Wildman–Crippen LogP) is 8.75.